The number of carbonyl (C=O) groups excluding carboxylic acids is 4. The van der Waals surface area contributed by atoms with Crippen LogP contribution in [0.1, 0.15) is 86.0 Å². The Balaban J connectivity index is 3.98. The molecule has 0 spiro atoms. The number of amides is 1. The Labute approximate surface area is 212 Å². The Kier molecular flexibility index (Phi) is 18.6. The molecule has 1 amide bonds. The van der Waals surface area contributed by atoms with Gasteiger partial charge in [-0.15, -0.1) is 0 Å². The SMILES string of the molecule is CC(C)C(C(=O)C[C@H](C)C(C)C)N(C)C(=O)COCCOCCCC(=O)CCCCCC(=O)CN. The van der Waals surface area contributed by atoms with Gasteiger partial charge in [-0.3, -0.25) is 19.2 Å². The van der Waals surface area contributed by atoms with E-state index in [1.807, 2.05) is 13.8 Å². The number of nitrogens with zero attached hydrogens (tertiary/aromatic N) is 1. The van der Waals surface area contributed by atoms with Crippen molar-refractivity contribution in [1.82, 2.24) is 4.90 Å². The van der Waals surface area contributed by atoms with E-state index < -0.39 is 6.04 Å². The van der Waals surface area contributed by atoms with E-state index in [1.54, 1.807) is 7.05 Å². The summed E-state index contributed by atoms with van der Waals surface area (Å²) in [7, 11) is 1.67. The van der Waals surface area contributed by atoms with Gasteiger partial charge in [0.2, 0.25) is 5.91 Å². The highest BCUT2D eigenvalue weighted by Crippen LogP contribution is 2.20. The van der Waals surface area contributed by atoms with Crippen molar-refractivity contribution in [3.05, 3.63) is 0 Å². The summed E-state index contributed by atoms with van der Waals surface area (Å²) in [5.74, 6) is 0.871. The number of hydrogen-bond acceptors (Lipinski definition) is 7. The van der Waals surface area contributed by atoms with E-state index in [-0.39, 0.29) is 54.9 Å². The minimum Gasteiger partial charge on any atom is -0.379 e. The molecule has 0 aromatic carbocycles. The second-order valence-electron chi connectivity index (χ2n) is 10.2. The van der Waals surface area contributed by atoms with Crippen LogP contribution in [0.5, 0.6) is 0 Å². The van der Waals surface area contributed by atoms with Crippen LogP contribution in [0.25, 0.3) is 0 Å². The van der Waals surface area contributed by atoms with Crippen molar-refractivity contribution < 1.29 is 28.7 Å². The van der Waals surface area contributed by atoms with Crippen molar-refractivity contribution in [1.29, 1.82) is 0 Å². The molecule has 0 aromatic rings. The topological polar surface area (TPSA) is 116 Å². The summed E-state index contributed by atoms with van der Waals surface area (Å²) >= 11 is 0. The fraction of sp³-hybridized carbons (Fsp3) is 0.852. The van der Waals surface area contributed by atoms with E-state index in [0.29, 0.717) is 51.2 Å². The Morgan fingerprint density at radius 1 is 0.743 bits per heavy atom. The van der Waals surface area contributed by atoms with Gasteiger partial charge in [0.1, 0.15) is 18.2 Å². The summed E-state index contributed by atoms with van der Waals surface area (Å²) in [4.78, 5) is 49.9. The molecular weight excluding hydrogens is 448 g/mol. The molecule has 1 unspecified atom stereocenters. The maximum absolute atomic E-state index is 12.8. The summed E-state index contributed by atoms with van der Waals surface area (Å²) in [5, 5.41) is 0. The minimum absolute atomic E-state index is 0.0298. The molecule has 2 N–H and O–H groups in total. The van der Waals surface area contributed by atoms with Gasteiger partial charge in [0, 0.05) is 39.3 Å². The maximum atomic E-state index is 12.8. The fourth-order valence-electron chi connectivity index (χ4n) is 3.76. The predicted molar refractivity (Wildman–Crippen MR) is 138 cm³/mol. The number of ketones is 3. The first-order valence-electron chi connectivity index (χ1n) is 13.2. The molecule has 0 radical (unpaired) electrons. The zero-order valence-corrected chi connectivity index (χ0v) is 23.0. The van der Waals surface area contributed by atoms with Crippen molar-refractivity contribution in [3.63, 3.8) is 0 Å². The highest BCUT2D eigenvalue weighted by Gasteiger charge is 2.30. The zero-order chi connectivity index (χ0) is 26.8. The van der Waals surface area contributed by atoms with E-state index in [1.165, 1.54) is 4.90 Å². The van der Waals surface area contributed by atoms with Gasteiger partial charge in [-0.1, -0.05) is 41.0 Å². The van der Waals surface area contributed by atoms with Crippen molar-refractivity contribution >= 4 is 23.3 Å². The van der Waals surface area contributed by atoms with Crippen molar-refractivity contribution in [3.8, 4) is 0 Å². The predicted octanol–water partition coefficient (Wildman–Crippen LogP) is 3.58. The molecule has 0 heterocycles. The number of carbonyl (C=O) groups is 4. The molecular formula is C27H50N2O6. The van der Waals surface area contributed by atoms with Crippen LogP contribution in [0.3, 0.4) is 0 Å². The Hall–Kier alpha value is -1.64. The molecule has 8 heteroatoms. The molecule has 0 rings (SSSR count). The van der Waals surface area contributed by atoms with Crippen LogP contribution in [0.4, 0.5) is 0 Å². The number of hydrogen-bond donors (Lipinski definition) is 1. The first-order valence-corrected chi connectivity index (χ1v) is 13.2. The molecule has 0 aliphatic rings. The summed E-state index contributed by atoms with van der Waals surface area (Å²) in [6.07, 6.45) is 5.07. The summed E-state index contributed by atoms with van der Waals surface area (Å²) in [6, 6.07) is -0.450. The minimum atomic E-state index is -0.450. The lowest BCUT2D eigenvalue weighted by Crippen LogP contribution is -2.47. The van der Waals surface area contributed by atoms with Crippen molar-refractivity contribution in [2.24, 2.45) is 23.5 Å². The van der Waals surface area contributed by atoms with Gasteiger partial charge in [-0.25, -0.2) is 0 Å². The highest BCUT2D eigenvalue weighted by atomic mass is 16.5. The monoisotopic (exact) mass is 498 g/mol. The smallest absolute Gasteiger partial charge is 0.248 e. The number of rotatable bonds is 22. The maximum Gasteiger partial charge on any atom is 0.248 e. The Morgan fingerprint density at radius 3 is 1.89 bits per heavy atom. The van der Waals surface area contributed by atoms with Crippen molar-refractivity contribution in [2.75, 3.05) is 40.0 Å². The van der Waals surface area contributed by atoms with Crippen LogP contribution in [0.2, 0.25) is 0 Å². The van der Waals surface area contributed by atoms with Crippen LogP contribution in [-0.2, 0) is 28.7 Å². The number of ether oxygens (including phenoxy) is 2. The van der Waals surface area contributed by atoms with Crippen LogP contribution < -0.4 is 5.73 Å². The first kappa shape index (κ1) is 33.4. The standard InChI is InChI=1S/C27H50N2O6/c1-20(2)22(5)17-25(32)27(21(3)4)29(6)26(33)19-35-16-15-34-14-10-13-23(30)11-8-7-9-12-24(31)18-28/h20-22,27H,7-19,28H2,1-6H3/t22-,27?/m0/s1. The summed E-state index contributed by atoms with van der Waals surface area (Å²) < 4.78 is 10.9. The third kappa shape index (κ3) is 15.9. The molecule has 0 aliphatic carbocycles. The Bertz CT molecular complexity index is 635. The quantitative estimate of drug-likeness (QED) is 0.227. The van der Waals surface area contributed by atoms with Gasteiger partial charge in [-0.05, 0) is 37.0 Å². The van der Waals surface area contributed by atoms with Gasteiger partial charge in [0.05, 0.1) is 25.8 Å². The average Bonchev–Trinajstić information content (AvgIpc) is 2.79. The van der Waals surface area contributed by atoms with E-state index in [9.17, 15) is 19.2 Å². The van der Waals surface area contributed by atoms with Gasteiger partial charge >= 0.3 is 0 Å². The van der Waals surface area contributed by atoms with Crippen LogP contribution >= 0.6 is 0 Å². The molecule has 35 heavy (non-hydrogen) atoms. The average molecular weight is 499 g/mol. The molecule has 0 aromatic heterocycles. The third-order valence-corrected chi connectivity index (χ3v) is 6.41. The van der Waals surface area contributed by atoms with Crippen LogP contribution in [-0.4, -0.2) is 74.2 Å². The molecule has 0 saturated carbocycles. The first-order chi connectivity index (χ1) is 16.5. The van der Waals surface area contributed by atoms with Crippen LogP contribution in [0, 0.1) is 17.8 Å². The summed E-state index contributed by atoms with van der Waals surface area (Å²) in [5.41, 5.74) is 5.27. The zero-order valence-electron chi connectivity index (χ0n) is 23.0. The van der Waals surface area contributed by atoms with Crippen molar-refractivity contribution in [2.45, 2.75) is 92.0 Å². The molecule has 0 fully saturated rings. The van der Waals surface area contributed by atoms with E-state index in [4.69, 9.17) is 15.2 Å². The highest BCUT2D eigenvalue weighted by molar-refractivity contribution is 5.89. The number of likely N-dealkylation sites (N-methyl/N-ethyl adjacent to an activating group) is 1. The molecule has 0 bridgehead atoms. The largest absolute Gasteiger partial charge is 0.379 e. The second kappa shape index (κ2) is 19.5. The molecule has 204 valence electrons. The molecule has 0 aliphatic heterocycles. The summed E-state index contributed by atoms with van der Waals surface area (Å²) in [6.45, 7) is 11.3. The number of nitrogens with two attached hydrogens (primary N) is 1. The molecule has 0 saturated heterocycles. The lowest BCUT2D eigenvalue weighted by molar-refractivity contribution is -0.144. The molecule has 2 atom stereocenters. The lowest BCUT2D eigenvalue weighted by atomic mass is 9.87. The number of Topliss-reactive ketones (excluding diaryl/α,β-unsaturated/α-hetero) is 3. The normalized spacial score (nSPS) is 13.2. The van der Waals surface area contributed by atoms with Gasteiger partial charge < -0.3 is 20.1 Å². The fourth-order valence-corrected chi connectivity index (χ4v) is 3.76. The second-order valence-corrected chi connectivity index (χ2v) is 10.2. The lowest BCUT2D eigenvalue weighted by Gasteiger charge is -2.31. The van der Waals surface area contributed by atoms with Gasteiger partial charge in [0.25, 0.3) is 0 Å². The number of unbranched alkanes of at least 4 members (excludes halogenated alkanes) is 2. The van der Waals surface area contributed by atoms with Gasteiger partial charge in [0.15, 0.2) is 5.78 Å². The molecule has 8 nitrogen and oxygen atoms in total. The van der Waals surface area contributed by atoms with Crippen LogP contribution in [0.15, 0.2) is 0 Å². The van der Waals surface area contributed by atoms with E-state index >= 15 is 0 Å². The Morgan fingerprint density at radius 2 is 1.31 bits per heavy atom. The van der Waals surface area contributed by atoms with E-state index in [0.717, 1.165) is 19.3 Å². The van der Waals surface area contributed by atoms with Gasteiger partial charge in [-0.2, -0.15) is 0 Å². The third-order valence-electron chi connectivity index (χ3n) is 6.41. The van der Waals surface area contributed by atoms with E-state index in [2.05, 4.69) is 20.8 Å².